The summed E-state index contributed by atoms with van der Waals surface area (Å²) in [7, 11) is -0.700. The molecule has 5 nitrogen and oxygen atoms in total. The van der Waals surface area contributed by atoms with Gasteiger partial charge in [0.25, 0.3) is 0 Å². The van der Waals surface area contributed by atoms with Gasteiger partial charge in [0.1, 0.15) is 13.1 Å². The molecule has 0 radical (unpaired) electrons. The van der Waals surface area contributed by atoms with Crippen LogP contribution in [0.15, 0.2) is 18.2 Å². The summed E-state index contributed by atoms with van der Waals surface area (Å²) in [4.78, 5) is 1.40. The molecular formula is C20H30N3O2S+. The first-order valence-corrected chi connectivity index (χ1v) is 11.1. The van der Waals surface area contributed by atoms with Crippen LogP contribution in [0.1, 0.15) is 46.1 Å². The summed E-state index contributed by atoms with van der Waals surface area (Å²) in [6, 6.07) is 6.70. The molecule has 1 unspecified atom stereocenters. The zero-order chi connectivity index (χ0) is 19.1. The first kappa shape index (κ1) is 19.1. The van der Waals surface area contributed by atoms with Gasteiger partial charge in [-0.25, -0.2) is 8.42 Å². The first-order valence-electron chi connectivity index (χ1n) is 9.28. The smallest absolute Gasteiger partial charge is 0.152 e. The number of nitrogens with one attached hydrogen (secondary N) is 1. The molecule has 142 valence electrons. The van der Waals surface area contributed by atoms with Crippen LogP contribution < -0.4 is 4.90 Å². The van der Waals surface area contributed by atoms with Crippen LogP contribution in [-0.2, 0) is 22.9 Å². The third-order valence-electron chi connectivity index (χ3n) is 5.30. The number of aromatic nitrogens is 2. The molecule has 2 aromatic rings. The van der Waals surface area contributed by atoms with E-state index in [4.69, 9.17) is 0 Å². The lowest BCUT2D eigenvalue weighted by molar-refractivity contribution is -0.907. The minimum Gasteiger partial charge on any atom is -0.330 e. The van der Waals surface area contributed by atoms with Crippen LogP contribution in [0.3, 0.4) is 0 Å². The third-order valence-corrected chi connectivity index (χ3v) is 7.05. The van der Waals surface area contributed by atoms with E-state index in [-0.39, 0.29) is 17.5 Å². The summed E-state index contributed by atoms with van der Waals surface area (Å²) in [5, 5.41) is 4.68. The normalized spacial score (nSPS) is 20.4. The summed E-state index contributed by atoms with van der Waals surface area (Å²) >= 11 is 0. The van der Waals surface area contributed by atoms with Gasteiger partial charge in [-0.1, -0.05) is 29.3 Å². The van der Waals surface area contributed by atoms with E-state index >= 15 is 0 Å². The number of quaternary nitrogens is 1. The Kier molecular flexibility index (Phi) is 5.26. The summed E-state index contributed by atoms with van der Waals surface area (Å²) in [5.41, 5.74) is 7.34. The average molecular weight is 377 g/mol. The van der Waals surface area contributed by atoms with E-state index in [2.05, 4.69) is 51.1 Å². The molecule has 3 rings (SSSR count). The van der Waals surface area contributed by atoms with Crippen LogP contribution in [-0.4, -0.2) is 36.8 Å². The van der Waals surface area contributed by atoms with Gasteiger partial charge in [0, 0.05) is 11.3 Å². The third kappa shape index (κ3) is 4.18. The van der Waals surface area contributed by atoms with Gasteiger partial charge in [-0.3, -0.25) is 4.68 Å². The molecule has 26 heavy (non-hydrogen) atoms. The molecule has 1 N–H and O–H groups in total. The molecule has 1 saturated heterocycles. The molecule has 1 aliphatic rings. The van der Waals surface area contributed by atoms with Crippen molar-refractivity contribution in [2.45, 2.75) is 53.2 Å². The maximum absolute atomic E-state index is 11.8. The van der Waals surface area contributed by atoms with E-state index < -0.39 is 9.84 Å². The Morgan fingerprint density at radius 2 is 1.77 bits per heavy atom. The highest BCUT2D eigenvalue weighted by atomic mass is 32.2. The number of hydrogen-bond acceptors (Lipinski definition) is 3. The molecule has 0 aliphatic carbocycles. The molecule has 0 saturated carbocycles. The topological polar surface area (TPSA) is 56.4 Å². The SMILES string of the molecule is Cc1cc(C)cc(C[NH+](C)Cc2c(C)nn([C@@H]3CCS(=O)(=O)C3)c2C)c1. The maximum atomic E-state index is 11.8. The van der Waals surface area contributed by atoms with Gasteiger partial charge < -0.3 is 4.90 Å². The highest BCUT2D eigenvalue weighted by molar-refractivity contribution is 7.91. The summed E-state index contributed by atoms with van der Waals surface area (Å²) in [6.45, 7) is 10.2. The van der Waals surface area contributed by atoms with E-state index in [1.807, 2.05) is 11.6 Å². The van der Waals surface area contributed by atoms with E-state index in [0.29, 0.717) is 6.42 Å². The molecule has 1 aliphatic heterocycles. The molecule has 1 aromatic heterocycles. The number of nitrogens with zero attached hydrogens (tertiary/aromatic N) is 2. The molecule has 6 heteroatoms. The van der Waals surface area contributed by atoms with Crippen LogP contribution in [0.2, 0.25) is 0 Å². The molecular weight excluding hydrogens is 346 g/mol. The summed E-state index contributed by atoms with van der Waals surface area (Å²) in [6.07, 6.45) is 0.676. The number of hydrogen-bond donors (Lipinski definition) is 1. The van der Waals surface area contributed by atoms with Crippen molar-refractivity contribution in [3.63, 3.8) is 0 Å². The monoisotopic (exact) mass is 376 g/mol. The second-order valence-electron chi connectivity index (χ2n) is 7.96. The highest BCUT2D eigenvalue weighted by Crippen LogP contribution is 2.26. The van der Waals surface area contributed by atoms with E-state index in [9.17, 15) is 8.42 Å². The lowest BCUT2D eigenvalue weighted by atomic mass is 10.1. The standard InChI is InChI=1S/C20H29N3O2S/c1-14-8-15(2)10-18(9-14)11-22(5)12-20-16(3)21-23(17(20)4)19-6-7-26(24,25)13-19/h8-10,19H,6-7,11-13H2,1-5H3/p+1/t19-/m1/s1. The van der Waals surface area contributed by atoms with Crippen LogP contribution in [0.25, 0.3) is 0 Å². The number of aryl methyl sites for hydroxylation is 3. The van der Waals surface area contributed by atoms with Crippen molar-refractivity contribution in [3.05, 3.63) is 51.8 Å². The molecule has 0 bridgehead atoms. The molecule has 1 fully saturated rings. The fraction of sp³-hybridized carbons (Fsp3) is 0.550. The predicted molar refractivity (Wildman–Crippen MR) is 104 cm³/mol. The predicted octanol–water partition coefficient (Wildman–Crippen LogP) is 1.69. The Balaban J connectivity index is 1.75. The van der Waals surface area contributed by atoms with Gasteiger partial charge in [0.15, 0.2) is 9.84 Å². The first-order chi connectivity index (χ1) is 12.1. The van der Waals surface area contributed by atoms with Gasteiger partial charge in [-0.05, 0) is 34.1 Å². The summed E-state index contributed by atoms with van der Waals surface area (Å²) in [5.74, 6) is 0.503. The zero-order valence-electron chi connectivity index (χ0n) is 16.5. The van der Waals surface area contributed by atoms with Crippen molar-refractivity contribution in [1.82, 2.24) is 9.78 Å². The molecule has 0 spiro atoms. The van der Waals surface area contributed by atoms with Gasteiger partial charge >= 0.3 is 0 Å². The van der Waals surface area contributed by atoms with Crippen molar-refractivity contribution in [2.75, 3.05) is 18.6 Å². The van der Waals surface area contributed by atoms with Crippen LogP contribution in [0.5, 0.6) is 0 Å². The Morgan fingerprint density at radius 3 is 2.35 bits per heavy atom. The molecule has 2 heterocycles. The second kappa shape index (κ2) is 7.16. The number of benzene rings is 1. The quantitative estimate of drug-likeness (QED) is 0.864. The Labute approximate surface area is 156 Å². The Hall–Kier alpha value is -1.66. The lowest BCUT2D eigenvalue weighted by Gasteiger charge is -2.16. The van der Waals surface area contributed by atoms with Gasteiger partial charge in [0.2, 0.25) is 0 Å². The fourth-order valence-corrected chi connectivity index (χ4v) is 5.85. The minimum absolute atomic E-state index is 0.00724. The van der Waals surface area contributed by atoms with Crippen molar-refractivity contribution < 1.29 is 13.3 Å². The minimum atomic E-state index is -2.90. The van der Waals surface area contributed by atoms with Crippen molar-refractivity contribution in [3.8, 4) is 0 Å². The van der Waals surface area contributed by atoms with Crippen molar-refractivity contribution in [1.29, 1.82) is 0 Å². The Morgan fingerprint density at radius 1 is 1.12 bits per heavy atom. The largest absolute Gasteiger partial charge is 0.330 e. The van der Waals surface area contributed by atoms with Crippen LogP contribution >= 0.6 is 0 Å². The van der Waals surface area contributed by atoms with E-state index in [1.165, 1.54) is 27.2 Å². The van der Waals surface area contributed by atoms with Crippen LogP contribution in [0, 0.1) is 27.7 Å². The second-order valence-corrected chi connectivity index (χ2v) is 10.2. The van der Waals surface area contributed by atoms with Gasteiger partial charge in [0.05, 0.1) is 35.9 Å². The molecule has 0 amide bonds. The van der Waals surface area contributed by atoms with Crippen LogP contribution in [0.4, 0.5) is 0 Å². The molecule has 2 atom stereocenters. The van der Waals surface area contributed by atoms with Crippen molar-refractivity contribution >= 4 is 9.84 Å². The van der Waals surface area contributed by atoms with Crippen molar-refractivity contribution in [2.24, 2.45) is 0 Å². The zero-order valence-corrected chi connectivity index (χ0v) is 17.3. The van der Waals surface area contributed by atoms with Gasteiger partial charge in [-0.15, -0.1) is 0 Å². The van der Waals surface area contributed by atoms with Gasteiger partial charge in [-0.2, -0.15) is 5.10 Å². The maximum Gasteiger partial charge on any atom is 0.152 e. The fourth-order valence-electron chi connectivity index (χ4n) is 4.16. The average Bonchev–Trinajstić information content (AvgIpc) is 3.00. The molecule has 1 aromatic carbocycles. The summed E-state index contributed by atoms with van der Waals surface area (Å²) < 4.78 is 25.6. The lowest BCUT2D eigenvalue weighted by Crippen LogP contribution is -3.06. The Bertz CT molecular complexity index is 895. The highest BCUT2D eigenvalue weighted by Gasteiger charge is 2.31. The number of rotatable bonds is 5. The van der Waals surface area contributed by atoms with E-state index in [0.717, 1.165) is 24.5 Å². The van der Waals surface area contributed by atoms with E-state index in [1.54, 1.807) is 0 Å². The number of sulfone groups is 1.